The SMILES string of the molecule is CCc1c(O[C@H]2CCC[C@H](N)C2)ccc2[nH]ncc12. The number of H-pyrrole nitrogens is 1. The molecule has 2 aromatic rings. The van der Waals surface area contributed by atoms with Gasteiger partial charge in [-0.05, 0) is 44.2 Å². The summed E-state index contributed by atoms with van der Waals surface area (Å²) in [5.74, 6) is 0.996. The highest BCUT2D eigenvalue weighted by Gasteiger charge is 2.21. The van der Waals surface area contributed by atoms with Gasteiger partial charge in [0.15, 0.2) is 0 Å². The number of fused-ring (bicyclic) bond motifs is 1. The normalized spacial score (nSPS) is 23.7. The fourth-order valence-corrected chi connectivity index (χ4v) is 3.00. The molecule has 1 aromatic heterocycles. The molecule has 102 valence electrons. The first kappa shape index (κ1) is 12.5. The van der Waals surface area contributed by atoms with Gasteiger partial charge in [0.1, 0.15) is 11.9 Å². The molecule has 0 saturated heterocycles. The van der Waals surface area contributed by atoms with E-state index >= 15 is 0 Å². The molecule has 4 heteroatoms. The Morgan fingerprint density at radius 1 is 1.42 bits per heavy atom. The number of aromatic amines is 1. The summed E-state index contributed by atoms with van der Waals surface area (Å²) in [6.45, 7) is 2.15. The first-order valence-electron chi connectivity index (χ1n) is 7.15. The van der Waals surface area contributed by atoms with Crippen LogP contribution in [0, 0.1) is 0 Å². The molecule has 1 aromatic carbocycles. The number of hydrogen-bond acceptors (Lipinski definition) is 3. The molecule has 0 amide bonds. The lowest BCUT2D eigenvalue weighted by Gasteiger charge is -2.28. The fraction of sp³-hybridized carbons (Fsp3) is 0.533. The number of benzene rings is 1. The molecule has 4 nitrogen and oxygen atoms in total. The third-order valence-electron chi connectivity index (χ3n) is 4.01. The second-order valence-corrected chi connectivity index (χ2v) is 5.39. The second kappa shape index (κ2) is 5.21. The standard InChI is InChI=1S/C15H21N3O/c1-2-12-13-9-17-18-14(13)6-7-15(12)19-11-5-3-4-10(16)8-11/h6-7,9-11H,2-5,8,16H2,1H3,(H,17,18)/t10-,11-/m0/s1. The monoisotopic (exact) mass is 259 g/mol. The summed E-state index contributed by atoms with van der Waals surface area (Å²) < 4.78 is 6.20. The van der Waals surface area contributed by atoms with Crippen molar-refractivity contribution < 1.29 is 4.74 Å². The molecular formula is C15H21N3O. The van der Waals surface area contributed by atoms with Crippen molar-refractivity contribution in [3.05, 3.63) is 23.9 Å². The average Bonchev–Trinajstić information content (AvgIpc) is 2.87. The van der Waals surface area contributed by atoms with Gasteiger partial charge in [-0.2, -0.15) is 5.10 Å². The molecule has 3 rings (SSSR count). The zero-order valence-corrected chi connectivity index (χ0v) is 11.4. The van der Waals surface area contributed by atoms with Gasteiger partial charge >= 0.3 is 0 Å². The summed E-state index contributed by atoms with van der Waals surface area (Å²) in [6, 6.07) is 4.39. The number of aromatic nitrogens is 2. The Kier molecular flexibility index (Phi) is 3.42. The van der Waals surface area contributed by atoms with Crippen LogP contribution >= 0.6 is 0 Å². The highest BCUT2D eigenvalue weighted by molar-refractivity contribution is 5.84. The Morgan fingerprint density at radius 2 is 2.32 bits per heavy atom. The average molecular weight is 259 g/mol. The van der Waals surface area contributed by atoms with E-state index in [1.54, 1.807) is 0 Å². The van der Waals surface area contributed by atoms with Crippen molar-refractivity contribution in [2.45, 2.75) is 51.2 Å². The fourth-order valence-electron chi connectivity index (χ4n) is 3.00. The maximum absolute atomic E-state index is 6.20. The molecule has 1 aliphatic rings. The minimum Gasteiger partial charge on any atom is -0.490 e. The topological polar surface area (TPSA) is 63.9 Å². The van der Waals surface area contributed by atoms with Crippen LogP contribution in [0.3, 0.4) is 0 Å². The van der Waals surface area contributed by atoms with E-state index in [9.17, 15) is 0 Å². The van der Waals surface area contributed by atoms with Crippen LogP contribution in [0.4, 0.5) is 0 Å². The Balaban J connectivity index is 1.87. The first-order chi connectivity index (χ1) is 9.28. The number of aryl methyl sites for hydroxylation is 1. The predicted molar refractivity (Wildman–Crippen MR) is 76.3 cm³/mol. The van der Waals surface area contributed by atoms with Gasteiger partial charge in [-0.3, -0.25) is 5.10 Å². The number of nitrogens with zero attached hydrogens (tertiary/aromatic N) is 1. The van der Waals surface area contributed by atoms with Gasteiger partial charge in [0, 0.05) is 17.0 Å². The van der Waals surface area contributed by atoms with E-state index in [1.807, 2.05) is 12.3 Å². The number of ether oxygens (including phenoxy) is 1. The smallest absolute Gasteiger partial charge is 0.123 e. The molecule has 1 aliphatic carbocycles. The van der Waals surface area contributed by atoms with E-state index in [4.69, 9.17) is 10.5 Å². The summed E-state index contributed by atoms with van der Waals surface area (Å²) in [4.78, 5) is 0. The molecule has 0 bridgehead atoms. The van der Waals surface area contributed by atoms with Crippen molar-refractivity contribution in [2.75, 3.05) is 0 Å². The van der Waals surface area contributed by atoms with Gasteiger partial charge in [0.2, 0.25) is 0 Å². The molecule has 0 spiro atoms. The van der Waals surface area contributed by atoms with Crippen LogP contribution in [0.25, 0.3) is 10.9 Å². The largest absolute Gasteiger partial charge is 0.490 e. The Hall–Kier alpha value is -1.55. The lowest BCUT2D eigenvalue weighted by molar-refractivity contribution is 0.143. The highest BCUT2D eigenvalue weighted by Crippen LogP contribution is 2.30. The Labute approximate surface area is 113 Å². The summed E-state index contributed by atoms with van der Waals surface area (Å²) in [7, 11) is 0. The molecule has 0 unspecified atom stereocenters. The summed E-state index contributed by atoms with van der Waals surface area (Å²) in [6.07, 6.45) is 7.46. The summed E-state index contributed by atoms with van der Waals surface area (Å²) in [5, 5.41) is 8.28. The molecule has 1 fully saturated rings. The lowest BCUT2D eigenvalue weighted by atomic mass is 9.93. The molecule has 2 atom stereocenters. The van der Waals surface area contributed by atoms with Crippen molar-refractivity contribution in [3.8, 4) is 5.75 Å². The highest BCUT2D eigenvalue weighted by atomic mass is 16.5. The van der Waals surface area contributed by atoms with Crippen LogP contribution < -0.4 is 10.5 Å². The van der Waals surface area contributed by atoms with Gasteiger partial charge in [0.05, 0.1) is 11.7 Å². The van der Waals surface area contributed by atoms with Crippen molar-refractivity contribution in [1.29, 1.82) is 0 Å². The number of rotatable bonds is 3. The van der Waals surface area contributed by atoms with Crippen LogP contribution in [-0.4, -0.2) is 22.3 Å². The maximum atomic E-state index is 6.20. The van der Waals surface area contributed by atoms with Gasteiger partial charge in [-0.1, -0.05) is 6.92 Å². The van der Waals surface area contributed by atoms with E-state index in [0.29, 0.717) is 6.04 Å². The van der Waals surface area contributed by atoms with Crippen LogP contribution in [0.1, 0.15) is 38.2 Å². The number of nitrogens with one attached hydrogen (secondary N) is 1. The third kappa shape index (κ3) is 2.45. The Morgan fingerprint density at radius 3 is 3.11 bits per heavy atom. The summed E-state index contributed by atoms with van der Waals surface area (Å²) in [5.41, 5.74) is 8.34. The van der Waals surface area contributed by atoms with Crippen LogP contribution in [0.5, 0.6) is 5.75 Å². The molecule has 19 heavy (non-hydrogen) atoms. The molecule has 1 saturated carbocycles. The van der Waals surface area contributed by atoms with Gasteiger partial charge in [-0.25, -0.2) is 0 Å². The zero-order valence-electron chi connectivity index (χ0n) is 11.4. The number of hydrogen-bond donors (Lipinski definition) is 2. The van der Waals surface area contributed by atoms with E-state index in [2.05, 4.69) is 23.2 Å². The first-order valence-corrected chi connectivity index (χ1v) is 7.15. The second-order valence-electron chi connectivity index (χ2n) is 5.39. The Bertz CT molecular complexity index is 564. The molecule has 1 heterocycles. The van der Waals surface area contributed by atoms with Gasteiger partial charge in [-0.15, -0.1) is 0 Å². The van der Waals surface area contributed by atoms with Crippen LogP contribution in [-0.2, 0) is 6.42 Å². The van der Waals surface area contributed by atoms with Crippen molar-refractivity contribution >= 4 is 10.9 Å². The molecular weight excluding hydrogens is 238 g/mol. The molecule has 3 N–H and O–H groups in total. The minimum absolute atomic E-state index is 0.262. The maximum Gasteiger partial charge on any atom is 0.123 e. The van der Waals surface area contributed by atoms with Crippen LogP contribution in [0.2, 0.25) is 0 Å². The lowest BCUT2D eigenvalue weighted by Crippen LogP contribution is -2.33. The predicted octanol–water partition coefficient (Wildman–Crippen LogP) is 2.77. The van der Waals surface area contributed by atoms with Gasteiger partial charge in [0.25, 0.3) is 0 Å². The minimum atomic E-state index is 0.262. The van der Waals surface area contributed by atoms with E-state index in [1.165, 1.54) is 17.4 Å². The van der Waals surface area contributed by atoms with Crippen molar-refractivity contribution in [2.24, 2.45) is 5.73 Å². The number of nitrogens with two attached hydrogens (primary N) is 1. The molecule has 0 aliphatic heterocycles. The molecule has 0 radical (unpaired) electrons. The van der Waals surface area contributed by atoms with E-state index in [0.717, 1.165) is 36.9 Å². The summed E-state index contributed by atoms with van der Waals surface area (Å²) >= 11 is 0. The van der Waals surface area contributed by atoms with Gasteiger partial charge < -0.3 is 10.5 Å². The third-order valence-corrected chi connectivity index (χ3v) is 4.01. The van der Waals surface area contributed by atoms with Crippen molar-refractivity contribution in [3.63, 3.8) is 0 Å². The quantitative estimate of drug-likeness (QED) is 0.890. The van der Waals surface area contributed by atoms with Crippen LogP contribution in [0.15, 0.2) is 18.3 Å². The van der Waals surface area contributed by atoms with E-state index < -0.39 is 0 Å². The van der Waals surface area contributed by atoms with E-state index in [-0.39, 0.29) is 6.10 Å². The zero-order chi connectivity index (χ0) is 13.2. The van der Waals surface area contributed by atoms with Crippen molar-refractivity contribution in [1.82, 2.24) is 10.2 Å².